The number of carbonyl (C=O) groups is 1. The minimum Gasteiger partial charge on any atom is -0.339 e. The topological polar surface area (TPSA) is 49.6 Å². The third kappa shape index (κ3) is 5.40. The molecule has 0 aromatic heterocycles. The molecule has 0 radical (unpaired) electrons. The molecule has 4 nitrogen and oxygen atoms in total. The summed E-state index contributed by atoms with van der Waals surface area (Å²) in [5.41, 5.74) is 10.1. The fraction of sp³-hybridized carbons (Fsp3) is 0.242. The highest BCUT2D eigenvalue weighted by molar-refractivity contribution is 5.88. The summed E-state index contributed by atoms with van der Waals surface area (Å²) >= 11 is 0. The summed E-state index contributed by atoms with van der Waals surface area (Å²) in [5.74, 6) is -0.566. The Hall–Kier alpha value is -3.80. The van der Waals surface area contributed by atoms with Crippen LogP contribution < -0.4 is 5.73 Å². The number of nitrogens with zero attached hydrogens (tertiary/aromatic N) is 2. The molecule has 0 aliphatic carbocycles. The molecule has 194 valence electrons. The highest BCUT2D eigenvalue weighted by atomic mass is 19.1. The van der Waals surface area contributed by atoms with Gasteiger partial charge in [-0.1, -0.05) is 103 Å². The summed E-state index contributed by atoms with van der Waals surface area (Å²) in [5, 5.41) is 0. The molecular weight excluding hydrogens is 473 g/mol. The maximum atomic E-state index is 14.0. The van der Waals surface area contributed by atoms with Gasteiger partial charge in [-0.3, -0.25) is 9.69 Å². The van der Waals surface area contributed by atoms with Crippen LogP contribution >= 0.6 is 0 Å². The van der Waals surface area contributed by atoms with Gasteiger partial charge in [-0.25, -0.2) is 4.39 Å². The largest absolute Gasteiger partial charge is 0.339 e. The number of carbonyl (C=O) groups excluding carboxylic acids is 1. The lowest BCUT2D eigenvalue weighted by Gasteiger charge is -2.43. The van der Waals surface area contributed by atoms with E-state index in [9.17, 15) is 9.18 Å². The standard InChI is InChI=1S/C33H34FN3O/c1-33(35,30(25-11-5-2-6-12-25)26-13-7-3-8-14-26)32(38)37-23-21-36(22-24-37)31(27-15-9-4-10-16-27)28-17-19-29(34)20-18-28/h2-20,30-31H,21-24,35H2,1H3. The van der Waals surface area contributed by atoms with Crippen LogP contribution in [0, 0.1) is 5.82 Å². The van der Waals surface area contributed by atoms with E-state index in [2.05, 4.69) is 17.0 Å². The van der Waals surface area contributed by atoms with Crippen LogP contribution in [0.4, 0.5) is 4.39 Å². The molecule has 4 aromatic rings. The van der Waals surface area contributed by atoms with Gasteiger partial charge >= 0.3 is 0 Å². The van der Waals surface area contributed by atoms with Crippen molar-refractivity contribution in [1.82, 2.24) is 9.80 Å². The second-order valence-electron chi connectivity index (χ2n) is 10.2. The number of amides is 1. The number of nitrogens with two attached hydrogens (primary N) is 1. The maximum Gasteiger partial charge on any atom is 0.243 e. The molecule has 0 bridgehead atoms. The lowest BCUT2D eigenvalue weighted by atomic mass is 9.75. The van der Waals surface area contributed by atoms with Gasteiger partial charge in [0.2, 0.25) is 5.91 Å². The molecule has 2 atom stereocenters. The molecule has 1 aliphatic heterocycles. The minimum absolute atomic E-state index is 0.0142. The second-order valence-corrected chi connectivity index (χ2v) is 10.2. The van der Waals surface area contributed by atoms with Gasteiger partial charge in [-0.15, -0.1) is 0 Å². The van der Waals surface area contributed by atoms with Crippen LogP contribution in [0.1, 0.15) is 41.1 Å². The fourth-order valence-electron chi connectivity index (χ4n) is 5.72. The molecule has 0 spiro atoms. The van der Waals surface area contributed by atoms with Crippen LogP contribution in [0.15, 0.2) is 115 Å². The van der Waals surface area contributed by atoms with E-state index in [4.69, 9.17) is 5.73 Å². The quantitative estimate of drug-likeness (QED) is 0.354. The Balaban J connectivity index is 1.37. The SMILES string of the molecule is CC(N)(C(=O)N1CCN(C(c2ccccc2)c2ccc(F)cc2)CC1)C(c1ccccc1)c1ccccc1. The van der Waals surface area contributed by atoms with Crippen LogP contribution in [0.5, 0.6) is 0 Å². The normalized spacial score (nSPS) is 16.7. The molecule has 1 fully saturated rings. The van der Waals surface area contributed by atoms with E-state index in [1.807, 2.05) is 103 Å². The van der Waals surface area contributed by atoms with Crippen molar-refractivity contribution in [2.75, 3.05) is 26.2 Å². The number of hydrogen-bond acceptors (Lipinski definition) is 3. The van der Waals surface area contributed by atoms with Gasteiger partial charge in [-0.2, -0.15) is 0 Å². The van der Waals surface area contributed by atoms with Crippen molar-refractivity contribution >= 4 is 5.91 Å². The van der Waals surface area contributed by atoms with Crippen LogP contribution in [0.25, 0.3) is 0 Å². The van der Waals surface area contributed by atoms with Crippen LogP contribution in [0.2, 0.25) is 0 Å². The molecule has 2 N–H and O–H groups in total. The zero-order chi connectivity index (χ0) is 26.5. The Morgan fingerprint density at radius 2 is 1.11 bits per heavy atom. The number of benzene rings is 4. The summed E-state index contributed by atoms with van der Waals surface area (Å²) in [4.78, 5) is 18.3. The Bertz CT molecular complexity index is 1280. The van der Waals surface area contributed by atoms with Gasteiger partial charge < -0.3 is 10.6 Å². The number of hydrogen-bond donors (Lipinski definition) is 1. The average molecular weight is 508 g/mol. The van der Waals surface area contributed by atoms with Crippen molar-refractivity contribution in [3.8, 4) is 0 Å². The molecule has 1 saturated heterocycles. The van der Waals surface area contributed by atoms with Gasteiger partial charge in [0, 0.05) is 32.1 Å². The first-order valence-corrected chi connectivity index (χ1v) is 13.2. The van der Waals surface area contributed by atoms with E-state index in [0.717, 1.165) is 22.3 Å². The summed E-state index contributed by atoms with van der Waals surface area (Å²) < 4.78 is 13.7. The van der Waals surface area contributed by atoms with Crippen molar-refractivity contribution in [2.24, 2.45) is 5.73 Å². The van der Waals surface area contributed by atoms with Gasteiger partial charge in [0.15, 0.2) is 0 Å². The van der Waals surface area contributed by atoms with Crippen LogP contribution in [0.3, 0.4) is 0 Å². The lowest BCUT2D eigenvalue weighted by Crippen LogP contribution is -2.61. The molecule has 1 amide bonds. The van der Waals surface area contributed by atoms with E-state index in [1.165, 1.54) is 12.1 Å². The Morgan fingerprint density at radius 3 is 1.58 bits per heavy atom. The maximum absolute atomic E-state index is 14.0. The third-order valence-electron chi connectivity index (χ3n) is 7.59. The number of halogens is 1. The van der Waals surface area contributed by atoms with E-state index in [-0.39, 0.29) is 23.7 Å². The highest BCUT2D eigenvalue weighted by Gasteiger charge is 2.43. The lowest BCUT2D eigenvalue weighted by molar-refractivity contribution is -0.139. The van der Waals surface area contributed by atoms with E-state index in [1.54, 1.807) is 0 Å². The molecule has 4 aromatic carbocycles. The van der Waals surface area contributed by atoms with Gasteiger partial charge in [0.25, 0.3) is 0 Å². The fourth-order valence-corrected chi connectivity index (χ4v) is 5.72. The van der Waals surface area contributed by atoms with Crippen molar-refractivity contribution in [1.29, 1.82) is 0 Å². The summed E-state index contributed by atoms with van der Waals surface area (Å²) in [6, 6.07) is 37.1. The third-order valence-corrected chi connectivity index (χ3v) is 7.59. The van der Waals surface area contributed by atoms with Crippen molar-refractivity contribution in [3.05, 3.63) is 143 Å². The molecular formula is C33H34FN3O. The molecule has 1 heterocycles. The highest BCUT2D eigenvalue weighted by Crippen LogP contribution is 2.36. The van der Waals surface area contributed by atoms with Gasteiger partial charge in [0.1, 0.15) is 11.4 Å². The first-order chi connectivity index (χ1) is 18.4. The van der Waals surface area contributed by atoms with Gasteiger partial charge in [0.05, 0.1) is 6.04 Å². The minimum atomic E-state index is -1.12. The van der Waals surface area contributed by atoms with Crippen molar-refractivity contribution < 1.29 is 9.18 Å². The molecule has 0 saturated carbocycles. The van der Waals surface area contributed by atoms with E-state index in [0.29, 0.717) is 26.2 Å². The molecule has 1 aliphatic rings. The Morgan fingerprint density at radius 1 is 0.684 bits per heavy atom. The summed E-state index contributed by atoms with van der Waals surface area (Å²) in [7, 11) is 0. The Labute approximate surface area is 224 Å². The molecule has 5 rings (SSSR count). The van der Waals surface area contributed by atoms with Crippen molar-refractivity contribution in [3.63, 3.8) is 0 Å². The van der Waals surface area contributed by atoms with Crippen LogP contribution in [-0.4, -0.2) is 47.4 Å². The zero-order valence-electron chi connectivity index (χ0n) is 21.7. The predicted molar refractivity (Wildman–Crippen MR) is 150 cm³/mol. The van der Waals surface area contributed by atoms with E-state index >= 15 is 0 Å². The monoisotopic (exact) mass is 507 g/mol. The summed E-state index contributed by atoms with van der Waals surface area (Å²) in [6.07, 6.45) is 0. The number of rotatable bonds is 7. The second kappa shape index (κ2) is 11.3. The number of piperazine rings is 1. The molecule has 38 heavy (non-hydrogen) atoms. The zero-order valence-corrected chi connectivity index (χ0v) is 21.7. The summed E-state index contributed by atoms with van der Waals surface area (Å²) in [6.45, 7) is 4.40. The average Bonchev–Trinajstić information content (AvgIpc) is 2.96. The molecule has 5 heteroatoms. The first-order valence-electron chi connectivity index (χ1n) is 13.2. The smallest absolute Gasteiger partial charge is 0.243 e. The van der Waals surface area contributed by atoms with Crippen LogP contribution in [-0.2, 0) is 4.79 Å². The predicted octanol–water partition coefficient (Wildman–Crippen LogP) is 5.61. The molecule has 2 unspecified atom stereocenters. The Kier molecular flexibility index (Phi) is 7.68. The van der Waals surface area contributed by atoms with Crippen molar-refractivity contribution in [2.45, 2.75) is 24.4 Å². The first kappa shape index (κ1) is 25.8. The van der Waals surface area contributed by atoms with E-state index < -0.39 is 5.54 Å². The van der Waals surface area contributed by atoms with Gasteiger partial charge in [-0.05, 0) is 41.3 Å².